The number of halogens is 2. The van der Waals surface area contributed by atoms with E-state index in [0.717, 1.165) is 28.2 Å². The number of hydrogen-bond acceptors (Lipinski definition) is 4. The molecule has 1 aliphatic rings. The number of ether oxygens (including phenoxy) is 1. The van der Waals surface area contributed by atoms with Gasteiger partial charge in [0.05, 0.1) is 6.54 Å². The molecule has 2 atom stereocenters. The lowest BCUT2D eigenvalue weighted by molar-refractivity contribution is -0.132. The van der Waals surface area contributed by atoms with Crippen LogP contribution in [0.2, 0.25) is 0 Å². The fourth-order valence-corrected chi connectivity index (χ4v) is 3.34. The number of aliphatic hydroxyl groups is 1. The third kappa shape index (κ3) is 3.93. The molecule has 0 spiro atoms. The monoisotopic (exact) mass is 404 g/mol. The molecule has 2 N–H and O–H groups in total. The van der Waals surface area contributed by atoms with Gasteiger partial charge in [-0.25, -0.2) is 13.6 Å². The molecule has 6 nitrogen and oxygen atoms in total. The number of aryl methyl sites for hydroxylation is 2. The minimum absolute atomic E-state index is 0.110. The number of benzene rings is 2. The third-order valence-corrected chi connectivity index (χ3v) is 4.99. The highest BCUT2D eigenvalue weighted by Crippen LogP contribution is 2.30. The molecule has 1 heterocycles. The van der Waals surface area contributed by atoms with E-state index in [4.69, 9.17) is 4.74 Å². The number of aliphatic hydroxyl groups excluding tert-OH is 1. The van der Waals surface area contributed by atoms with Gasteiger partial charge in [0.15, 0.2) is 11.6 Å². The number of amides is 3. The molecule has 0 aliphatic carbocycles. The van der Waals surface area contributed by atoms with Crippen LogP contribution in [0, 0.1) is 25.5 Å². The lowest BCUT2D eigenvalue weighted by atomic mass is 9.92. The maximum absolute atomic E-state index is 13.6. The number of nitrogens with zero attached hydrogens (tertiary/aromatic N) is 1. The molecule has 2 unspecified atom stereocenters. The Labute approximate surface area is 167 Å². The second kappa shape index (κ2) is 7.79. The predicted molar refractivity (Wildman–Crippen MR) is 101 cm³/mol. The van der Waals surface area contributed by atoms with Crippen molar-refractivity contribution in [2.24, 2.45) is 0 Å². The van der Waals surface area contributed by atoms with Crippen LogP contribution in [-0.4, -0.2) is 41.2 Å². The molecule has 8 heteroatoms. The van der Waals surface area contributed by atoms with Crippen LogP contribution in [0.5, 0.6) is 5.75 Å². The summed E-state index contributed by atoms with van der Waals surface area (Å²) in [5.41, 5.74) is 0.355. The highest BCUT2D eigenvalue weighted by atomic mass is 19.2. The molecule has 3 amide bonds. The van der Waals surface area contributed by atoms with Crippen molar-refractivity contribution in [3.8, 4) is 5.75 Å². The van der Waals surface area contributed by atoms with E-state index in [1.165, 1.54) is 13.0 Å². The van der Waals surface area contributed by atoms with Crippen LogP contribution in [0.25, 0.3) is 0 Å². The minimum Gasteiger partial charge on any atom is -0.490 e. The highest BCUT2D eigenvalue weighted by molar-refractivity contribution is 6.07. The zero-order valence-electron chi connectivity index (χ0n) is 16.3. The summed E-state index contributed by atoms with van der Waals surface area (Å²) in [6.45, 7) is 4.73. The Morgan fingerprint density at radius 1 is 1.14 bits per heavy atom. The summed E-state index contributed by atoms with van der Waals surface area (Å²) in [6, 6.07) is 7.91. The van der Waals surface area contributed by atoms with Crippen molar-refractivity contribution in [3.63, 3.8) is 0 Å². The van der Waals surface area contributed by atoms with Crippen molar-refractivity contribution in [2.75, 3.05) is 13.2 Å². The zero-order valence-corrected chi connectivity index (χ0v) is 16.3. The maximum atomic E-state index is 13.6. The summed E-state index contributed by atoms with van der Waals surface area (Å²) in [6.07, 6.45) is -1.13. The zero-order chi connectivity index (χ0) is 21.3. The van der Waals surface area contributed by atoms with E-state index in [2.05, 4.69) is 5.32 Å². The van der Waals surface area contributed by atoms with Crippen molar-refractivity contribution in [3.05, 3.63) is 64.7 Å². The Balaban J connectivity index is 1.70. The Hall–Kier alpha value is -3.00. The van der Waals surface area contributed by atoms with Crippen molar-refractivity contribution in [2.45, 2.75) is 32.4 Å². The smallest absolute Gasteiger partial charge is 0.325 e. The molecular formula is C21H22F2N2O4. The quantitative estimate of drug-likeness (QED) is 0.726. The number of β-amino-alcohol motifs (C(OH)–C–C–N with tert-alkyl or cyclic N) is 1. The van der Waals surface area contributed by atoms with Crippen LogP contribution in [0.3, 0.4) is 0 Å². The first kappa shape index (κ1) is 20.7. The first-order valence-corrected chi connectivity index (χ1v) is 9.10. The normalized spacial score (nSPS) is 20.0. The lowest BCUT2D eigenvalue weighted by Gasteiger charge is -2.23. The number of rotatable bonds is 6. The molecule has 3 rings (SSSR count). The van der Waals surface area contributed by atoms with Gasteiger partial charge in [0.2, 0.25) is 0 Å². The van der Waals surface area contributed by atoms with Crippen molar-refractivity contribution in [1.29, 1.82) is 0 Å². The minimum atomic E-state index is -1.56. The first-order chi connectivity index (χ1) is 13.6. The fraction of sp³-hybridized carbons (Fsp3) is 0.333. The average Bonchev–Trinajstić information content (AvgIpc) is 2.87. The van der Waals surface area contributed by atoms with Gasteiger partial charge in [0.25, 0.3) is 5.91 Å². The van der Waals surface area contributed by atoms with E-state index >= 15 is 0 Å². The van der Waals surface area contributed by atoms with E-state index in [9.17, 15) is 23.5 Å². The molecule has 0 radical (unpaired) electrons. The highest BCUT2D eigenvalue weighted by Gasteiger charge is 2.49. The number of nitrogens with one attached hydrogen (secondary N) is 1. The molecule has 1 saturated heterocycles. The molecular weight excluding hydrogens is 382 g/mol. The van der Waals surface area contributed by atoms with Crippen LogP contribution in [-0.2, 0) is 10.3 Å². The molecule has 2 aromatic rings. The Kier molecular flexibility index (Phi) is 5.57. The van der Waals surface area contributed by atoms with E-state index in [1.807, 2.05) is 32.0 Å². The largest absolute Gasteiger partial charge is 0.490 e. The van der Waals surface area contributed by atoms with Crippen molar-refractivity contribution < 1.29 is 28.2 Å². The van der Waals surface area contributed by atoms with E-state index in [-0.39, 0.29) is 18.7 Å². The van der Waals surface area contributed by atoms with Gasteiger partial charge in [0.1, 0.15) is 24.0 Å². The second-order valence-corrected chi connectivity index (χ2v) is 7.29. The second-order valence-electron chi connectivity index (χ2n) is 7.29. The first-order valence-electron chi connectivity index (χ1n) is 9.10. The van der Waals surface area contributed by atoms with Crippen molar-refractivity contribution in [1.82, 2.24) is 10.2 Å². The Bertz CT molecular complexity index is 945. The van der Waals surface area contributed by atoms with Crippen molar-refractivity contribution >= 4 is 11.9 Å². The molecule has 1 aliphatic heterocycles. The van der Waals surface area contributed by atoms with Gasteiger partial charge in [-0.05, 0) is 49.6 Å². The van der Waals surface area contributed by atoms with Gasteiger partial charge in [-0.15, -0.1) is 0 Å². The SMILES string of the molecule is Cc1cccc(C)c1OCC(O)CN1C(=O)NC(C)(c2ccc(F)c(F)c2)C1=O. The number of carbonyl (C=O) groups is 2. The molecule has 0 saturated carbocycles. The summed E-state index contributed by atoms with van der Waals surface area (Å²) in [5, 5.41) is 12.8. The molecule has 1 fully saturated rings. The molecule has 2 aromatic carbocycles. The summed E-state index contributed by atoms with van der Waals surface area (Å²) in [5.74, 6) is -2.20. The molecule has 0 aromatic heterocycles. The van der Waals surface area contributed by atoms with Gasteiger partial charge < -0.3 is 15.2 Å². The average molecular weight is 404 g/mol. The van der Waals surface area contributed by atoms with E-state index in [0.29, 0.717) is 5.75 Å². The molecule has 0 bridgehead atoms. The van der Waals surface area contributed by atoms with Gasteiger partial charge >= 0.3 is 6.03 Å². The number of imide groups is 1. The summed E-state index contributed by atoms with van der Waals surface area (Å²) in [4.78, 5) is 26.0. The van der Waals surface area contributed by atoms with Crippen LogP contribution < -0.4 is 10.1 Å². The van der Waals surface area contributed by atoms with Crippen LogP contribution in [0.1, 0.15) is 23.6 Å². The molecule has 154 valence electrons. The fourth-order valence-electron chi connectivity index (χ4n) is 3.34. The van der Waals surface area contributed by atoms with Gasteiger partial charge in [-0.1, -0.05) is 24.3 Å². The van der Waals surface area contributed by atoms with Gasteiger partial charge in [-0.3, -0.25) is 9.69 Å². The number of para-hydroxylation sites is 1. The van der Waals surface area contributed by atoms with Gasteiger partial charge in [-0.2, -0.15) is 0 Å². The number of carbonyl (C=O) groups excluding carboxylic acids is 2. The van der Waals surface area contributed by atoms with Crippen LogP contribution in [0.4, 0.5) is 13.6 Å². The summed E-state index contributed by atoms with van der Waals surface area (Å²) < 4.78 is 32.5. The van der Waals surface area contributed by atoms with E-state index in [1.54, 1.807) is 0 Å². The molecule has 29 heavy (non-hydrogen) atoms. The maximum Gasteiger partial charge on any atom is 0.325 e. The Morgan fingerprint density at radius 2 is 1.79 bits per heavy atom. The summed E-state index contributed by atoms with van der Waals surface area (Å²) >= 11 is 0. The topological polar surface area (TPSA) is 78.9 Å². The number of urea groups is 1. The number of hydrogen-bond donors (Lipinski definition) is 2. The Morgan fingerprint density at radius 3 is 2.41 bits per heavy atom. The summed E-state index contributed by atoms with van der Waals surface area (Å²) in [7, 11) is 0. The third-order valence-electron chi connectivity index (χ3n) is 4.99. The van der Waals surface area contributed by atoms with Crippen LogP contribution in [0.15, 0.2) is 36.4 Å². The van der Waals surface area contributed by atoms with E-state index < -0.39 is 35.2 Å². The van der Waals surface area contributed by atoms with Gasteiger partial charge in [0, 0.05) is 0 Å². The van der Waals surface area contributed by atoms with Crippen LogP contribution >= 0.6 is 0 Å². The standard InChI is InChI=1S/C21H22F2N2O4/c1-12-5-4-6-13(2)18(12)29-11-15(26)10-25-19(27)21(3,24-20(25)28)14-7-8-16(22)17(23)9-14/h4-9,15,26H,10-11H2,1-3H3,(H,24,28). The predicted octanol–water partition coefficient (Wildman–Crippen LogP) is 2.79. The lowest BCUT2D eigenvalue weighted by Crippen LogP contribution is -2.43.